The van der Waals surface area contributed by atoms with Crippen molar-refractivity contribution in [3.8, 4) is 0 Å². The van der Waals surface area contributed by atoms with Crippen LogP contribution in [0.4, 0.5) is 5.82 Å². The van der Waals surface area contributed by atoms with Gasteiger partial charge in [0, 0.05) is 41.9 Å². The van der Waals surface area contributed by atoms with Crippen molar-refractivity contribution in [1.82, 2.24) is 4.98 Å². The van der Waals surface area contributed by atoms with Crippen LogP contribution in [-0.2, 0) is 4.74 Å². The van der Waals surface area contributed by atoms with Crippen molar-refractivity contribution < 1.29 is 14.6 Å². The van der Waals surface area contributed by atoms with Gasteiger partial charge in [0.2, 0.25) is 0 Å². The van der Waals surface area contributed by atoms with E-state index < -0.39 is 5.97 Å². The minimum atomic E-state index is -0.874. The fourth-order valence-corrected chi connectivity index (χ4v) is 4.26. The Kier molecular flexibility index (Phi) is 3.08. The van der Waals surface area contributed by atoms with Crippen LogP contribution < -0.4 is 4.90 Å². The number of aromatic carboxylic acids is 1. The van der Waals surface area contributed by atoms with Gasteiger partial charge in [-0.1, -0.05) is 0 Å². The molecule has 1 N–H and O–H groups in total. The number of fused-ring (bicyclic) bond motifs is 2. The number of anilines is 1. The Morgan fingerprint density at radius 1 is 1.48 bits per heavy atom. The molecule has 21 heavy (non-hydrogen) atoms. The molecular weight excluding hydrogens is 288 g/mol. The lowest BCUT2D eigenvalue weighted by Crippen LogP contribution is -2.28. The van der Waals surface area contributed by atoms with Crippen LogP contribution in [0.5, 0.6) is 0 Å². The van der Waals surface area contributed by atoms with Gasteiger partial charge in [0.1, 0.15) is 10.7 Å². The molecule has 6 heteroatoms. The average Bonchev–Trinajstić information content (AvgIpc) is 3.10. The highest BCUT2D eigenvalue weighted by Gasteiger charge is 2.36. The SMILES string of the molecule is O=C(O)c1cc2c(N3C[C@@H]4CCCO[C@@H]4C3)nccc2s1. The van der Waals surface area contributed by atoms with Crippen LogP contribution in [0.3, 0.4) is 0 Å². The molecule has 2 aliphatic rings. The van der Waals surface area contributed by atoms with E-state index >= 15 is 0 Å². The van der Waals surface area contributed by atoms with E-state index in [-0.39, 0.29) is 0 Å². The Bertz CT molecular complexity index is 685. The first-order chi connectivity index (χ1) is 10.2. The molecule has 4 heterocycles. The van der Waals surface area contributed by atoms with Crippen molar-refractivity contribution in [1.29, 1.82) is 0 Å². The zero-order chi connectivity index (χ0) is 14.4. The molecule has 0 bridgehead atoms. The zero-order valence-corrected chi connectivity index (χ0v) is 12.3. The second-order valence-electron chi connectivity index (χ2n) is 5.68. The van der Waals surface area contributed by atoms with E-state index in [0.717, 1.165) is 42.0 Å². The summed E-state index contributed by atoms with van der Waals surface area (Å²) in [5.41, 5.74) is 0. The van der Waals surface area contributed by atoms with Crippen LogP contribution in [0, 0.1) is 5.92 Å². The lowest BCUT2D eigenvalue weighted by atomic mass is 9.98. The Morgan fingerprint density at radius 2 is 2.38 bits per heavy atom. The number of nitrogens with zero attached hydrogens (tertiary/aromatic N) is 2. The number of carboxylic acids is 1. The van der Waals surface area contributed by atoms with Gasteiger partial charge in [0.25, 0.3) is 0 Å². The number of ether oxygens (including phenoxy) is 1. The Hall–Kier alpha value is -1.66. The standard InChI is InChI=1S/C15H16N2O3S/c18-15(19)13-6-10-12(21-13)3-4-16-14(10)17-7-9-2-1-5-20-11(9)8-17/h3-4,6,9,11H,1-2,5,7-8H2,(H,18,19)/t9-,11+/m0/s1. The summed E-state index contributed by atoms with van der Waals surface area (Å²) >= 11 is 1.31. The molecule has 4 rings (SSSR count). The summed E-state index contributed by atoms with van der Waals surface area (Å²) in [6.45, 7) is 2.66. The van der Waals surface area contributed by atoms with E-state index in [1.165, 1.54) is 17.8 Å². The summed E-state index contributed by atoms with van der Waals surface area (Å²) in [5.74, 6) is 0.600. The lowest BCUT2D eigenvalue weighted by Gasteiger charge is -2.23. The highest BCUT2D eigenvalue weighted by molar-refractivity contribution is 7.20. The second kappa shape index (κ2) is 4.96. The summed E-state index contributed by atoms with van der Waals surface area (Å²) in [7, 11) is 0. The van der Waals surface area contributed by atoms with Crippen molar-refractivity contribution in [2.75, 3.05) is 24.6 Å². The van der Waals surface area contributed by atoms with Gasteiger partial charge in [-0.2, -0.15) is 0 Å². The average molecular weight is 304 g/mol. The van der Waals surface area contributed by atoms with Crippen molar-refractivity contribution in [2.24, 2.45) is 5.92 Å². The van der Waals surface area contributed by atoms with Crippen LogP contribution in [0.2, 0.25) is 0 Å². The third-order valence-electron chi connectivity index (χ3n) is 4.37. The number of thiophene rings is 1. The van der Waals surface area contributed by atoms with Crippen LogP contribution in [0.15, 0.2) is 18.3 Å². The van der Waals surface area contributed by atoms with Gasteiger partial charge in [-0.25, -0.2) is 9.78 Å². The fourth-order valence-electron chi connectivity index (χ4n) is 3.37. The third kappa shape index (κ3) is 2.18. The molecule has 0 amide bonds. The maximum atomic E-state index is 11.2. The summed E-state index contributed by atoms with van der Waals surface area (Å²) in [5, 5.41) is 10.1. The van der Waals surface area contributed by atoms with Gasteiger partial charge in [0.15, 0.2) is 0 Å². The summed E-state index contributed by atoms with van der Waals surface area (Å²) in [6, 6.07) is 3.63. The summed E-state index contributed by atoms with van der Waals surface area (Å²) in [6.07, 6.45) is 4.41. The second-order valence-corrected chi connectivity index (χ2v) is 6.76. The van der Waals surface area contributed by atoms with Crippen LogP contribution in [-0.4, -0.2) is 41.9 Å². The molecular formula is C15H16N2O3S. The lowest BCUT2D eigenvalue weighted by molar-refractivity contribution is 0.00105. The molecule has 2 atom stereocenters. The quantitative estimate of drug-likeness (QED) is 0.924. The summed E-state index contributed by atoms with van der Waals surface area (Å²) in [4.78, 5) is 18.3. The largest absolute Gasteiger partial charge is 0.477 e. The van der Waals surface area contributed by atoms with E-state index in [1.54, 1.807) is 12.3 Å². The molecule has 2 aromatic rings. The first-order valence-corrected chi connectivity index (χ1v) is 8.02. The van der Waals surface area contributed by atoms with E-state index in [2.05, 4.69) is 9.88 Å². The Labute approximate surface area is 126 Å². The minimum absolute atomic E-state index is 0.299. The Balaban J connectivity index is 1.71. The van der Waals surface area contributed by atoms with Crippen molar-refractivity contribution in [3.05, 3.63) is 23.2 Å². The van der Waals surface area contributed by atoms with Crippen LogP contribution in [0.25, 0.3) is 10.1 Å². The topological polar surface area (TPSA) is 62.7 Å². The number of rotatable bonds is 2. The number of hydrogen-bond donors (Lipinski definition) is 1. The smallest absolute Gasteiger partial charge is 0.345 e. The fraction of sp³-hybridized carbons (Fsp3) is 0.467. The molecule has 0 unspecified atom stereocenters. The minimum Gasteiger partial charge on any atom is -0.477 e. The van der Waals surface area contributed by atoms with Gasteiger partial charge in [-0.05, 0) is 25.0 Å². The van der Waals surface area contributed by atoms with E-state index in [0.29, 0.717) is 16.9 Å². The van der Waals surface area contributed by atoms with Crippen molar-refractivity contribution >= 4 is 33.2 Å². The maximum absolute atomic E-state index is 11.2. The molecule has 0 saturated carbocycles. The van der Waals surface area contributed by atoms with Gasteiger partial charge in [-0.15, -0.1) is 11.3 Å². The van der Waals surface area contributed by atoms with Crippen LogP contribution in [0.1, 0.15) is 22.5 Å². The number of carbonyl (C=O) groups is 1. The number of carboxylic acid groups (broad SMARTS) is 1. The monoisotopic (exact) mass is 304 g/mol. The van der Waals surface area contributed by atoms with E-state index in [9.17, 15) is 4.79 Å². The highest BCUT2D eigenvalue weighted by Crippen LogP contribution is 2.36. The number of pyridine rings is 1. The van der Waals surface area contributed by atoms with E-state index in [4.69, 9.17) is 9.84 Å². The van der Waals surface area contributed by atoms with Gasteiger partial charge in [-0.3, -0.25) is 0 Å². The normalized spacial score (nSPS) is 25.2. The first kappa shape index (κ1) is 13.0. The molecule has 0 spiro atoms. The molecule has 110 valence electrons. The molecule has 0 aliphatic carbocycles. The maximum Gasteiger partial charge on any atom is 0.345 e. The number of aromatic nitrogens is 1. The van der Waals surface area contributed by atoms with Gasteiger partial charge < -0.3 is 14.7 Å². The third-order valence-corrected chi connectivity index (χ3v) is 5.46. The molecule has 2 aliphatic heterocycles. The highest BCUT2D eigenvalue weighted by atomic mass is 32.1. The molecule has 0 radical (unpaired) electrons. The molecule has 0 aromatic carbocycles. The Morgan fingerprint density at radius 3 is 3.19 bits per heavy atom. The van der Waals surface area contributed by atoms with Gasteiger partial charge in [0.05, 0.1) is 6.10 Å². The van der Waals surface area contributed by atoms with Crippen LogP contribution >= 0.6 is 11.3 Å². The molecule has 2 aromatic heterocycles. The van der Waals surface area contributed by atoms with Crippen molar-refractivity contribution in [2.45, 2.75) is 18.9 Å². The van der Waals surface area contributed by atoms with Crippen molar-refractivity contribution in [3.63, 3.8) is 0 Å². The molecule has 2 fully saturated rings. The zero-order valence-electron chi connectivity index (χ0n) is 11.5. The predicted molar refractivity (Wildman–Crippen MR) is 81.3 cm³/mol. The summed E-state index contributed by atoms with van der Waals surface area (Å²) < 4.78 is 6.83. The number of hydrogen-bond acceptors (Lipinski definition) is 5. The molecule has 2 saturated heterocycles. The predicted octanol–water partition coefficient (Wildman–Crippen LogP) is 2.61. The van der Waals surface area contributed by atoms with E-state index in [1.807, 2.05) is 6.07 Å². The van der Waals surface area contributed by atoms with Gasteiger partial charge >= 0.3 is 5.97 Å². The molecule has 5 nitrogen and oxygen atoms in total. The first-order valence-electron chi connectivity index (χ1n) is 7.21.